The Labute approximate surface area is 300 Å². The predicted octanol–water partition coefficient (Wildman–Crippen LogP) is 2.02. The van der Waals surface area contributed by atoms with Crippen molar-refractivity contribution in [3.8, 4) is 0 Å². The zero-order chi connectivity index (χ0) is 37.4. The van der Waals surface area contributed by atoms with E-state index >= 15 is 0 Å². The number of fused-ring (bicyclic) bond motifs is 1. The van der Waals surface area contributed by atoms with Gasteiger partial charge in [-0.05, 0) is 5.56 Å². The number of hydrogen-bond donors (Lipinski definition) is 1. The standard InChI is InChI=1S/C36H43NO15/c1-19(38)37-28-31(52-36-33(48-23(5)42)32(47-22(4)41)30(46-21(3)40)26(50-36)17-43-20(2)39)29-27(18-45-34(51-29)25-14-10-7-11-15-25)49-35(28)44-16-24-12-8-6-9-13-24/h6-15,26-36H,16-18H2,1-5H3,(H,37,38)/t26-,27+,28+,29+,30+,31+,32+,33-,34?,35-,36+/m0/s1. The molecule has 3 aliphatic rings. The Bertz CT molecular complexity index is 1540. The van der Waals surface area contributed by atoms with Crippen LogP contribution in [0.1, 0.15) is 52.0 Å². The molecular weight excluding hydrogens is 686 g/mol. The molecule has 3 fully saturated rings. The van der Waals surface area contributed by atoms with Crippen molar-refractivity contribution in [2.24, 2.45) is 0 Å². The van der Waals surface area contributed by atoms with Crippen LogP contribution in [-0.4, -0.2) is 104 Å². The van der Waals surface area contributed by atoms with Gasteiger partial charge in [-0.15, -0.1) is 0 Å². The zero-order valence-corrected chi connectivity index (χ0v) is 29.4. The zero-order valence-electron chi connectivity index (χ0n) is 29.4. The Morgan fingerprint density at radius 3 is 1.92 bits per heavy atom. The summed E-state index contributed by atoms with van der Waals surface area (Å²) in [6.45, 7) is 5.51. The lowest BCUT2D eigenvalue weighted by atomic mass is 9.94. The number of nitrogens with one attached hydrogen (secondary N) is 1. The quantitative estimate of drug-likeness (QED) is 0.247. The van der Waals surface area contributed by atoms with Crippen LogP contribution in [0.2, 0.25) is 0 Å². The molecule has 5 rings (SSSR count). The maximum Gasteiger partial charge on any atom is 0.303 e. The fourth-order valence-electron chi connectivity index (χ4n) is 6.25. The summed E-state index contributed by atoms with van der Waals surface area (Å²) in [6.07, 6.45) is -12.2. The second-order valence-electron chi connectivity index (χ2n) is 12.4. The van der Waals surface area contributed by atoms with E-state index in [2.05, 4.69) is 5.32 Å². The average molecular weight is 730 g/mol. The van der Waals surface area contributed by atoms with E-state index in [0.29, 0.717) is 5.56 Å². The molecule has 282 valence electrons. The molecule has 16 heteroatoms. The maximum absolute atomic E-state index is 12.7. The molecule has 1 N–H and O–H groups in total. The third-order valence-electron chi connectivity index (χ3n) is 8.28. The molecule has 0 radical (unpaired) electrons. The molecule has 1 unspecified atom stereocenters. The van der Waals surface area contributed by atoms with Gasteiger partial charge in [0.1, 0.15) is 37.1 Å². The summed E-state index contributed by atoms with van der Waals surface area (Å²) in [4.78, 5) is 61.8. The van der Waals surface area contributed by atoms with E-state index in [4.69, 9.17) is 47.4 Å². The molecule has 2 aromatic rings. The van der Waals surface area contributed by atoms with Crippen molar-refractivity contribution < 1.29 is 71.3 Å². The van der Waals surface area contributed by atoms with Gasteiger partial charge in [-0.1, -0.05) is 60.7 Å². The normalized spacial score (nSPS) is 31.3. The Morgan fingerprint density at radius 2 is 1.31 bits per heavy atom. The van der Waals surface area contributed by atoms with Crippen LogP contribution in [0.15, 0.2) is 60.7 Å². The van der Waals surface area contributed by atoms with E-state index in [1.165, 1.54) is 13.8 Å². The number of amides is 1. The molecule has 3 heterocycles. The van der Waals surface area contributed by atoms with Crippen LogP contribution in [0, 0.1) is 0 Å². The van der Waals surface area contributed by atoms with E-state index in [1.54, 1.807) is 0 Å². The molecule has 11 atom stereocenters. The lowest BCUT2D eigenvalue weighted by molar-refractivity contribution is -0.379. The topological polar surface area (TPSA) is 190 Å². The van der Waals surface area contributed by atoms with Crippen molar-refractivity contribution in [1.29, 1.82) is 0 Å². The number of hydrogen-bond acceptors (Lipinski definition) is 15. The van der Waals surface area contributed by atoms with Crippen LogP contribution in [0.3, 0.4) is 0 Å². The molecule has 16 nitrogen and oxygen atoms in total. The second kappa shape index (κ2) is 17.9. The molecule has 1 amide bonds. The highest BCUT2D eigenvalue weighted by Gasteiger charge is 2.57. The van der Waals surface area contributed by atoms with Crippen molar-refractivity contribution in [2.75, 3.05) is 13.2 Å². The van der Waals surface area contributed by atoms with E-state index < -0.39 is 104 Å². The van der Waals surface area contributed by atoms with Gasteiger partial charge in [0.25, 0.3) is 0 Å². The van der Waals surface area contributed by atoms with Gasteiger partial charge in [0.2, 0.25) is 5.91 Å². The first-order chi connectivity index (χ1) is 24.9. The number of carbonyl (C=O) groups excluding carboxylic acids is 5. The molecule has 0 aliphatic carbocycles. The molecular formula is C36H43NO15. The van der Waals surface area contributed by atoms with Gasteiger partial charge < -0.3 is 52.7 Å². The monoisotopic (exact) mass is 729 g/mol. The number of ether oxygens (including phenoxy) is 10. The van der Waals surface area contributed by atoms with Crippen LogP contribution in [0.4, 0.5) is 0 Å². The van der Waals surface area contributed by atoms with E-state index in [9.17, 15) is 24.0 Å². The lowest BCUT2D eigenvalue weighted by Crippen LogP contribution is -2.70. The van der Waals surface area contributed by atoms with Crippen molar-refractivity contribution in [2.45, 2.75) is 109 Å². The Hall–Kier alpha value is -4.45. The summed E-state index contributed by atoms with van der Waals surface area (Å²) in [5.74, 6) is -3.52. The highest BCUT2D eigenvalue weighted by molar-refractivity contribution is 5.73. The van der Waals surface area contributed by atoms with E-state index in [0.717, 1.165) is 26.3 Å². The van der Waals surface area contributed by atoms with Crippen LogP contribution in [0.25, 0.3) is 0 Å². The van der Waals surface area contributed by atoms with Gasteiger partial charge in [-0.3, -0.25) is 24.0 Å². The largest absolute Gasteiger partial charge is 0.463 e. The van der Waals surface area contributed by atoms with E-state index in [1.807, 2.05) is 60.7 Å². The third-order valence-corrected chi connectivity index (χ3v) is 8.28. The van der Waals surface area contributed by atoms with Crippen molar-refractivity contribution in [3.63, 3.8) is 0 Å². The smallest absolute Gasteiger partial charge is 0.303 e. The molecule has 3 saturated heterocycles. The summed E-state index contributed by atoms with van der Waals surface area (Å²) < 4.78 is 60.0. The summed E-state index contributed by atoms with van der Waals surface area (Å²) >= 11 is 0. The second-order valence-corrected chi connectivity index (χ2v) is 12.4. The van der Waals surface area contributed by atoms with E-state index in [-0.39, 0.29) is 13.2 Å². The molecule has 0 aromatic heterocycles. The Balaban J connectivity index is 1.55. The third kappa shape index (κ3) is 10.1. The highest BCUT2D eigenvalue weighted by atomic mass is 16.8. The van der Waals surface area contributed by atoms with Crippen LogP contribution < -0.4 is 5.32 Å². The summed E-state index contributed by atoms with van der Waals surface area (Å²) in [5, 5.41) is 2.86. The van der Waals surface area contributed by atoms with Gasteiger partial charge in [0.05, 0.1) is 13.2 Å². The first kappa shape index (κ1) is 38.8. The minimum absolute atomic E-state index is 0.0284. The molecule has 3 aliphatic heterocycles. The highest BCUT2D eigenvalue weighted by Crippen LogP contribution is 2.38. The summed E-state index contributed by atoms with van der Waals surface area (Å²) in [6, 6.07) is 17.4. The van der Waals surface area contributed by atoms with Gasteiger partial charge in [-0.25, -0.2) is 0 Å². The van der Waals surface area contributed by atoms with Crippen molar-refractivity contribution >= 4 is 29.8 Å². The number of benzene rings is 2. The summed E-state index contributed by atoms with van der Waals surface area (Å²) in [5.41, 5.74) is 1.53. The first-order valence-electron chi connectivity index (χ1n) is 16.8. The van der Waals surface area contributed by atoms with Gasteiger partial charge in [0, 0.05) is 40.2 Å². The molecule has 2 aromatic carbocycles. The summed E-state index contributed by atoms with van der Waals surface area (Å²) in [7, 11) is 0. The fraction of sp³-hybridized carbons (Fsp3) is 0.528. The van der Waals surface area contributed by atoms with Crippen molar-refractivity contribution in [3.05, 3.63) is 71.8 Å². The number of carbonyl (C=O) groups is 5. The Kier molecular flexibility index (Phi) is 13.3. The average Bonchev–Trinajstić information content (AvgIpc) is 3.10. The molecule has 0 bridgehead atoms. The lowest BCUT2D eigenvalue weighted by Gasteiger charge is -2.51. The van der Waals surface area contributed by atoms with Gasteiger partial charge >= 0.3 is 23.9 Å². The minimum atomic E-state index is -1.59. The van der Waals surface area contributed by atoms with Crippen LogP contribution in [-0.2, 0) is 77.9 Å². The predicted molar refractivity (Wildman–Crippen MR) is 174 cm³/mol. The van der Waals surface area contributed by atoms with Crippen LogP contribution in [0.5, 0.6) is 0 Å². The maximum atomic E-state index is 12.7. The molecule has 52 heavy (non-hydrogen) atoms. The Morgan fingerprint density at radius 1 is 0.692 bits per heavy atom. The SMILES string of the molecule is CC(=O)N[C@H]1[C@@H](OCc2ccccc2)O[C@@H]2COC(c3ccccc3)O[C@H]2[C@@H]1O[C@H]1O[C@@H](COC(C)=O)[C@@H](OC(C)=O)[C@@H](OC(C)=O)[C@@H]1OC(C)=O. The van der Waals surface area contributed by atoms with Gasteiger partial charge in [0.15, 0.2) is 37.2 Å². The van der Waals surface area contributed by atoms with Crippen LogP contribution >= 0.6 is 0 Å². The minimum Gasteiger partial charge on any atom is -0.463 e. The number of rotatable bonds is 12. The first-order valence-corrected chi connectivity index (χ1v) is 16.8. The molecule has 0 spiro atoms. The fourth-order valence-corrected chi connectivity index (χ4v) is 6.25. The number of esters is 4. The van der Waals surface area contributed by atoms with Crippen molar-refractivity contribution in [1.82, 2.24) is 5.32 Å². The van der Waals surface area contributed by atoms with Gasteiger partial charge in [-0.2, -0.15) is 0 Å². The molecule has 0 saturated carbocycles.